The summed E-state index contributed by atoms with van der Waals surface area (Å²) in [5.41, 5.74) is 0. The van der Waals surface area contributed by atoms with Crippen molar-refractivity contribution in [3.63, 3.8) is 0 Å². The van der Waals surface area contributed by atoms with Crippen molar-refractivity contribution in [3.05, 3.63) is 0 Å². The van der Waals surface area contributed by atoms with Gasteiger partial charge in [-0.1, -0.05) is 6.92 Å². The van der Waals surface area contributed by atoms with Crippen LogP contribution in [0.2, 0.25) is 0 Å². The maximum atomic E-state index is 12.2. The van der Waals surface area contributed by atoms with Crippen LogP contribution in [0.3, 0.4) is 0 Å². The molecular formula is C34H54O8. The van der Waals surface area contributed by atoms with Crippen LogP contribution in [0.4, 0.5) is 0 Å². The van der Waals surface area contributed by atoms with E-state index in [1.165, 1.54) is 25.7 Å². The van der Waals surface area contributed by atoms with Crippen LogP contribution in [0.15, 0.2) is 0 Å². The number of carbonyl (C=O) groups is 2. The van der Waals surface area contributed by atoms with Crippen LogP contribution >= 0.6 is 0 Å². The van der Waals surface area contributed by atoms with Gasteiger partial charge in [0.25, 0.3) is 0 Å². The van der Waals surface area contributed by atoms with E-state index in [1.54, 1.807) is 0 Å². The molecule has 0 spiro atoms. The van der Waals surface area contributed by atoms with Crippen molar-refractivity contribution < 1.29 is 38.0 Å². The number of hydrogen-bond donors (Lipinski definition) is 0. The Labute approximate surface area is 252 Å². The fourth-order valence-corrected chi connectivity index (χ4v) is 8.85. The Morgan fingerprint density at radius 3 is 1.79 bits per heavy atom. The molecule has 8 heteroatoms. The van der Waals surface area contributed by atoms with Gasteiger partial charge in [-0.2, -0.15) is 0 Å². The summed E-state index contributed by atoms with van der Waals surface area (Å²) in [5.74, 6) is 4.18. The van der Waals surface area contributed by atoms with Gasteiger partial charge in [-0.3, -0.25) is 9.59 Å². The molecule has 11 unspecified atom stereocenters. The van der Waals surface area contributed by atoms with Crippen LogP contribution < -0.4 is 0 Å². The monoisotopic (exact) mass is 590 g/mol. The van der Waals surface area contributed by atoms with Crippen molar-refractivity contribution in [3.8, 4) is 0 Å². The lowest BCUT2D eigenvalue weighted by Crippen LogP contribution is -2.24. The van der Waals surface area contributed by atoms with Gasteiger partial charge in [-0.25, -0.2) is 0 Å². The Hall–Kier alpha value is -1.22. The zero-order valence-electron chi connectivity index (χ0n) is 25.8. The summed E-state index contributed by atoms with van der Waals surface area (Å²) >= 11 is 0. The molecular weight excluding hydrogens is 536 g/mol. The quantitative estimate of drug-likeness (QED) is 0.125. The van der Waals surface area contributed by atoms with E-state index in [1.807, 2.05) is 0 Å². The summed E-state index contributed by atoms with van der Waals surface area (Å²) in [6, 6.07) is 0. The smallest absolute Gasteiger partial charge is 0.309 e. The highest BCUT2D eigenvalue weighted by atomic mass is 16.6. The van der Waals surface area contributed by atoms with Crippen LogP contribution in [-0.4, -0.2) is 76.0 Å². The van der Waals surface area contributed by atoms with Crippen molar-refractivity contribution in [1.29, 1.82) is 0 Å². The van der Waals surface area contributed by atoms with Crippen LogP contribution in [-0.2, 0) is 38.0 Å². The fraction of sp³-hybridized carbons (Fsp3) is 0.941. The molecule has 6 fully saturated rings. The number of rotatable bonds is 17. The molecule has 2 heterocycles. The molecule has 238 valence electrons. The molecule has 0 N–H and O–H groups in total. The third-order valence-electron chi connectivity index (χ3n) is 11.3. The Balaban J connectivity index is 0.753. The first-order chi connectivity index (χ1) is 20.5. The maximum Gasteiger partial charge on any atom is 0.309 e. The average Bonchev–Trinajstić information content (AvgIpc) is 3.89. The summed E-state index contributed by atoms with van der Waals surface area (Å²) < 4.78 is 33.8. The number of esters is 2. The number of epoxide rings is 2. The van der Waals surface area contributed by atoms with Crippen molar-refractivity contribution in [2.45, 2.75) is 121 Å². The van der Waals surface area contributed by atoms with E-state index in [4.69, 9.17) is 28.4 Å². The van der Waals surface area contributed by atoms with Crippen LogP contribution in [0.5, 0.6) is 0 Å². The summed E-state index contributed by atoms with van der Waals surface area (Å²) in [7, 11) is 0. The summed E-state index contributed by atoms with van der Waals surface area (Å²) in [5, 5.41) is 0. The van der Waals surface area contributed by atoms with E-state index in [-0.39, 0.29) is 23.8 Å². The second-order valence-corrected chi connectivity index (χ2v) is 14.3. The molecule has 0 radical (unpaired) electrons. The second-order valence-electron chi connectivity index (χ2n) is 14.3. The molecule has 8 nitrogen and oxygen atoms in total. The number of ether oxygens (including phenoxy) is 6. The van der Waals surface area contributed by atoms with Gasteiger partial charge >= 0.3 is 11.9 Å². The van der Waals surface area contributed by atoms with E-state index in [0.717, 1.165) is 107 Å². The third kappa shape index (κ3) is 8.28. The molecule has 2 aliphatic heterocycles. The highest BCUT2D eigenvalue weighted by Crippen LogP contribution is 2.54. The minimum atomic E-state index is -0.0462. The summed E-state index contributed by atoms with van der Waals surface area (Å²) in [6.07, 6.45) is 16.2. The summed E-state index contributed by atoms with van der Waals surface area (Å²) in [6.45, 7) is 6.35. The van der Waals surface area contributed by atoms with E-state index in [9.17, 15) is 9.59 Å². The van der Waals surface area contributed by atoms with Crippen LogP contribution in [0.25, 0.3) is 0 Å². The highest BCUT2D eigenvalue weighted by molar-refractivity contribution is 5.73. The molecule has 42 heavy (non-hydrogen) atoms. The fourth-order valence-electron chi connectivity index (χ4n) is 8.85. The van der Waals surface area contributed by atoms with Gasteiger partial charge in [0.2, 0.25) is 0 Å². The molecule has 0 bridgehead atoms. The Kier molecular flexibility index (Phi) is 10.8. The molecule has 4 saturated carbocycles. The topological polar surface area (TPSA) is 96.1 Å². The minimum Gasteiger partial charge on any atom is -0.465 e. The third-order valence-corrected chi connectivity index (χ3v) is 11.3. The number of fused-ring (bicyclic) bond motifs is 3. The number of carbonyl (C=O) groups excluding carboxylic acids is 2. The minimum absolute atomic E-state index is 0.0331. The van der Waals surface area contributed by atoms with Crippen molar-refractivity contribution in [2.24, 2.45) is 41.4 Å². The predicted octanol–water partition coefficient (Wildman–Crippen LogP) is 5.49. The average molecular weight is 591 g/mol. The van der Waals surface area contributed by atoms with Crippen LogP contribution in [0, 0.1) is 41.4 Å². The predicted molar refractivity (Wildman–Crippen MR) is 156 cm³/mol. The van der Waals surface area contributed by atoms with E-state index in [0.29, 0.717) is 50.8 Å². The Bertz CT molecular complexity index is 895. The zero-order valence-corrected chi connectivity index (χ0v) is 25.8. The number of hydrogen-bond acceptors (Lipinski definition) is 8. The van der Waals surface area contributed by atoms with Gasteiger partial charge in [0, 0.05) is 39.3 Å². The first-order valence-corrected chi connectivity index (χ1v) is 17.3. The normalized spacial score (nSPS) is 39.7. The Morgan fingerprint density at radius 1 is 0.595 bits per heavy atom. The molecule has 6 aliphatic rings. The second kappa shape index (κ2) is 14.7. The lowest BCUT2D eigenvalue weighted by atomic mass is 9.88. The van der Waals surface area contributed by atoms with E-state index < -0.39 is 0 Å². The molecule has 0 aromatic carbocycles. The highest BCUT2D eigenvalue weighted by Gasteiger charge is 2.48. The molecule has 2 saturated heterocycles. The zero-order chi connectivity index (χ0) is 28.9. The lowest BCUT2D eigenvalue weighted by molar-refractivity contribution is -0.150. The van der Waals surface area contributed by atoms with Crippen LogP contribution in [0.1, 0.15) is 96.8 Å². The van der Waals surface area contributed by atoms with Gasteiger partial charge < -0.3 is 28.4 Å². The van der Waals surface area contributed by atoms with Gasteiger partial charge in [0.15, 0.2) is 0 Å². The first-order valence-electron chi connectivity index (χ1n) is 17.3. The van der Waals surface area contributed by atoms with Crippen molar-refractivity contribution in [2.75, 3.05) is 39.6 Å². The largest absolute Gasteiger partial charge is 0.465 e. The SMILES string of the molecule is CC1CC(CCCOCCCOC(=O)C2CCC3OC3C2)C2CC(CCOCCCOC(=O)C3CCC4OC4C3)CC12. The molecule has 0 aromatic heterocycles. The standard InChI is InChI=1S/C34H54O8/c1-22-17-24(5-2-11-37-12-3-14-39-33(35)25-6-8-29-31(20-25)41-29)28-19-23(18-27(22)28)10-16-38-13-4-15-40-34(36)26-7-9-30-32(21-26)42-30/h22-32H,2-21H2,1H3. The molecule has 0 amide bonds. The van der Waals surface area contributed by atoms with Gasteiger partial charge in [-0.15, -0.1) is 0 Å². The van der Waals surface area contributed by atoms with E-state index >= 15 is 0 Å². The molecule has 6 rings (SSSR count). The first kappa shape index (κ1) is 30.8. The van der Waals surface area contributed by atoms with Gasteiger partial charge in [-0.05, 0) is 107 Å². The summed E-state index contributed by atoms with van der Waals surface area (Å²) in [4.78, 5) is 24.5. The van der Waals surface area contributed by atoms with Gasteiger partial charge in [0.1, 0.15) is 0 Å². The molecule has 0 aromatic rings. The molecule has 11 atom stereocenters. The van der Waals surface area contributed by atoms with Crippen molar-refractivity contribution in [1.82, 2.24) is 0 Å². The van der Waals surface area contributed by atoms with Gasteiger partial charge in [0.05, 0.1) is 49.5 Å². The lowest BCUT2D eigenvalue weighted by Gasteiger charge is -2.19. The van der Waals surface area contributed by atoms with E-state index in [2.05, 4.69) is 6.92 Å². The molecule has 4 aliphatic carbocycles. The maximum absolute atomic E-state index is 12.2. The van der Waals surface area contributed by atoms with Crippen molar-refractivity contribution >= 4 is 11.9 Å². The Morgan fingerprint density at radius 2 is 1.17 bits per heavy atom.